The van der Waals surface area contributed by atoms with Gasteiger partial charge in [0.1, 0.15) is 0 Å². The second-order valence-electron chi connectivity index (χ2n) is 4.38. The summed E-state index contributed by atoms with van der Waals surface area (Å²) in [4.78, 5) is 24.2. The second kappa shape index (κ2) is 7.88. The number of aliphatic hydroxyl groups is 1. The van der Waals surface area contributed by atoms with Gasteiger partial charge >= 0.3 is 12.0 Å². The Morgan fingerprint density at radius 3 is 2.44 bits per heavy atom. The van der Waals surface area contributed by atoms with E-state index in [2.05, 4.69) is 15.5 Å². The molecule has 4 N–H and O–H groups in total. The molecule has 7 nitrogen and oxygen atoms in total. The molecule has 1 fully saturated rings. The fourth-order valence-corrected chi connectivity index (χ4v) is 1.91. The lowest BCUT2D eigenvalue weighted by atomic mass is 10.1. The van der Waals surface area contributed by atoms with E-state index in [0.717, 1.165) is 19.6 Å². The lowest BCUT2D eigenvalue weighted by molar-refractivity contribution is -0.140. The topological polar surface area (TPSA) is 102 Å². The molecule has 1 saturated heterocycles. The van der Waals surface area contributed by atoms with Crippen LogP contribution in [0.15, 0.2) is 0 Å². The number of hydrogen-bond acceptors (Lipinski definition) is 4. The molecule has 0 radical (unpaired) electrons. The van der Waals surface area contributed by atoms with E-state index in [1.807, 2.05) is 0 Å². The first kappa shape index (κ1) is 14.7. The van der Waals surface area contributed by atoms with Crippen molar-refractivity contribution in [1.82, 2.24) is 15.5 Å². The van der Waals surface area contributed by atoms with Crippen molar-refractivity contribution >= 4 is 12.0 Å². The molecular formula is C11H21N3O4. The van der Waals surface area contributed by atoms with Crippen molar-refractivity contribution in [2.24, 2.45) is 0 Å². The first-order valence-corrected chi connectivity index (χ1v) is 6.24. The molecule has 0 aliphatic carbocycles. The summed E-state index contributed by atoms with van der Waals surface area (Å²) in [5, 5.41) is 22.2. The molecule has 0 aromatic rings. The summed E-state index contributed by atoms with van der Waals surface area (Å²) in [5.74, 6) is -1.25. The predicted molar refractivity (Wildman–Crippen MR) is 65.3 cm³/mol. The Bertz CT molecular complexity index is 279. The number of piperidine rings is 1. The van der Waals surface area contributed by atoms with Gasteiger partial charge in [-0.2, -0.15) is 0 Å². The maximum Gasteiger partial charge on any atom is 0.328 e. The Hall–Kier alpha value is -1.34. The molecule has 104 valence electrons. The summed E-state index contributed by atoms with van der Waals surface area (Å²) in [7, 11) is 0. The third kappa shape index (κ3) is 5.33. The smallest absolute Gasteiger partial charge is 0.328 e. The number of carbonyl (C=O) groups excluding carboxylic acids is 1. The molecule has 7 heteroatoms. The molecule has 0 spiro atoms. The van der Waals surface area contributed by atoms with Crippen LogP contribution in [0.25, 0.3) is 0 Å². The zero-order chi connectivity index (χ0) is 13.4. The Labute approximate surface area is 106 Å². The van der Waals surface area contributed by atoms with Crippen LogP contribution in [0.3, 0.4) is 0 Å². The van der Waals surface area contributed by atoms with Gasteiger partial charge < -0.3 is 25.7 Å². The average molecular weight is 259 g/mol. The number of nitrogens with one attached hydrogen (secondary N) is 2. The molecule has 1 aliphatic heterocycles. The van der Waals surface area contributed by atoms with E-state index >= 15 is 0 Å². The van der Waals surface area contributed by atoms with Crippen LogP contribution in [0.5, 0.6) is 0 Å². The van der Waals surface area contributed by atoms with E-state index in [0.29, 0.717) is 6.54 Å². The fraction of sp³-hybridized carbons (Fsp3) is 0.818. The minimum atomic E-state index is -1.25. The minimum absolute atomic E-state index is 0.476. The monoisotopic (exact) mass is 259 g/mol. The molecule has 1 rings (SSSR count). The van der Waals surface area contributed by atoms with Crippen molar-refractivity contribution in [1.29, 1.82) is 0 Å². The molecule has 1 aliphatic rings. The number of carboxylic acids is 1. The van der Waals surface area contributed by atoms with Crippen molar-refractivity contribution in [3.05, 3.63) is 0 Å². The lowest BCUT2D eigenvalue weighted by Crippen LogP contribution is -2.49. The number of rotatable bonds is 6. The van der Waals surface area contributed by atoms with Crippen LogP contribution in [-0.2, 0) is 4.79 Å². The normalized spacial score (nSPS) is 18.1. The minimum Gasteiger partial charge on any atom is -0.480 e. The third-order valence-corrected chi connectivity index (χ3v) is 2.95. The highest BCUT2D eigenvalue weighted by molar-refractivity contribution is 5.82. The van der Waals surface area contributed by atoms with E-state index in [1.165, 1.54) is 19.3 Å². The maximum absolute atomic E-state index is 11.3. The van der Waals surface area contributed by atoms with Gasteiger partial charge in [0.2, 0.25) is 0 Å². The van der Waals surface area contributed by atoms with Crippen LogP contribution in [-0.4, -0.2) is 65.9 Å². The van der Waals surface area contributed by atoms with Crippen molar-refractivity contribution < 1.29 is 19.8 Å². The van der Waals surface area contributed by atoms with Gasteiger partial charge in [-0.05, 0) is 25.9 Å². The number of hydrogen-bond donors (Lipinski definition) is 4. The summed E-state index contributed by atoms with van der Waals surface area (Å²) in [6.07, 6.45) is 3.65. The van der Waals surface area contributed by atoms with Gasteiger partial charge in [-0.1, -0.05) is 6.42 Å². The molecule has 2 amide bonds. The number of carbonyl (C=O) groups is 2. The number of carboxylic acid groups (broad SMARTS) is 1. The summed E-state index contributed by atoms with van der Waals surface area (Å²) in [5.41, 5.74) is 0. The Kier molecular flexibility index (Phi) is 6.45. The average Bonchev–Trinajstić information content (AvgIpc) is 2.37. The zero-order valence-electron chi connectivity index (χ0n) is 10.4. The van der Waals surface area contributed by atoms with Crippen LogP contribution in [0.2, 0.25) is 0 Å². The molecule has 0 saturated carbocycles. The van der Waals surface area contributed by atoms with Crippen LogP contribution >= 0.6 is 0 Å². The second-order valence-corrected chi connectivity index (χ2v) is 4.38. The number of urea groups is 1. The van der Waals surface area contributed by atoms with E-state index in [9.17, 15) is 9.59 Å². The Morgan fingerprint density at radius 1 is 1.22 bits per heavy atom. The summed E-state index contributed by atoms with van der Waals surface area (Å²) in [6.45, 7) is 2.73. The largest absolute Gasteiger partial charge is 0.480 e. The fourth-order valence-electron chi connectivity index (χ4n) is 1.91. The van der Waals surface area contributed by atoms with Gasteiger partial charge in [-0.25, -0.2) is 9.59 Å². The highest BCUT2D eigenvalue weighted by Gasteiger charge is 2.18. The van der Waals surface area contributed by atoms with Crippen molar-refractivity contribution in [2.45, 2.75) is 25.3 Å². The van der Waals surface area contributed by atoms with E-state index in [4.69, 9.17) is 10.2 Å². The van der Waals surface area contributed by atoms with Gasteiger partial charge in [0.25, 0.3) is 0 Å². The van der Waals surface area contributed by atoms with Crippen LogP contribution in [0, 0.1) is 0 Å². The Morgan fingerprint density at radius 2 is 1.89 bits per heavy atom. The van der Waals surface area contributed by atoms with Gasteiger partial charge in [0, 0.05) is 13.1 Å². The molecule has 0 aromatic heterocycles. The Balaban J connectivity index is 2.14. The van der Waals surface area contributed by atoms with E-state index < -0.39 is 24.6 Å². The highest BCUT2D eigenvalue weighted by Crippen LogP contribution is 2.07. The highest BCUT2D eigenvalue weighted by atomic mass is 16.4. The van der Waals surface area contributed by atoms with Gasteiger partial charge in [-0.15, -0.1) is 0 Å². The molecule has 1 atom stereocenters. The van der Waals surface area contributed by atoms with Crippen LogP contribution in [0.1, 0.15) is 19.3 Å². The van der Waals surface area contributed by atoms with Crippen molar-refractivity contribution in [3.8, 4) is 0 Å². The number of likely N-dealkylation sites (tertiary alicyclic amines) is 1. The summed E-state index contributed by atoms with van der Waals surface area (Å²) >= 11 is 0. The van der Waals surface area contributed by atoms with E-state index in [-0.39, 0.29) is 0 Å². The first-order valence-electron chi connectivity index (χ1n) is 6.24. The zero-order valence-corrected chi connectivity index (χ0v) is 10.4. The number of nitrogens with zero attached hydrogens (tertiary/aromatic N) is 1. The third-order valence-electron chi connectivity index (χ3n) is 2.95. The molecule has 1 unspecified atom stereocenters. The molecule has 1 heterocycles. The van der Waals surface area contributed by atoms with Gasteiger partial charge in [-0.3, -0.25) is 0 Å². The number of aliphatic hydroxyl groups excluding tert-OH is 1. The first-order chi connectivity index (χ1) is 8.63. The van der Waals surface area contributed by atoms with Crippen LogP contribution < -0.4 is 10.6 Å². The quantitative estimate of drug-likeness (QED) is 0.501. The van der Waals surface area contributed by atoms with E-state index in [1.54, 1.807) is 0 Å². The predicted octanol–water partition coefficient (Wildman–Crippen LogP) is -0.783. The van der Waals surface area contributed by atoms with Gasteiger partial charge in [0.05, 0.1) is 6.61 Å². The number of aliphatic carboxylic acids is 1. The van der Waals surface area contributed by atoms with Crippen molar-refractivity contribution in [3.63, 3.8) is 0 Å². The SMILES string of the molecule is O=C(NCCN1CCCCC1)NC(CO)C(=O)O. The molecule has 18 heavy (non-hydrogen) atoms. The lowest BCUT2D eigenvalue weighted by Gasteiger charge is -2.26. The maximum atomic E-state index is 11.3. The summed E-state index contributed by atoms with van der Waals surface area (Å²) in [6, 6.07) is -1.81. The van der Waals surface area contributed by atoms with Crippen molar-refractivity contribution in [2.75, 3.05) is 32.8 Å². The molecule has 0 bridgehead atoms. The molecule has 0 aromatic carbocycles. The number of amides is 2. The molecular weight excluding hydrogens is 238 g/mol. The summed E-state index contributed by atoms with van der Waals surface area (Å²) < 4.78 is 0. The van der Waals surface area contributed by atoms with Crippen LogP contribution in [0.4, 0.5) is 4.79 Å². The van der Waals surface area contributed by atoms with Gasteiger partial charge in [0.15, 0.2) is 6.04 Å². The standard InChI is InChI=1S/C11H21N3O4/c15-8-9(10(16)17)13-11(18)12-4-7-14-5-2-1-3-6-14/h9,15H,1-8H2,(H,16,17)(H2,12,13,18).